The number of hydrogen-bond donors (Lipinski definition) is 1. The maximum Gasteiger partial charge on any atom is 0.308 e. The lowest BCUT2D eigenvalue weighted by Gasteiger charge is -1.96. The van der Waals surface area contributed by atoms with Crippen LogP contribution in [0.2, 0.25) is 0 Å². The van der Waals surface area contributed by atoms with Crippen LogP contribution in [-0.4, -0.2) is 49.4 Å². The SMILES string of the molecule is CCCCCC.CCOC(=O)CCO.CCOC(C)=O.CCOC(C)=O. The number of carbonyl (C=O) groups is 3. The molecule has 0 fully saturated rings. The van der Waals surface area contributed by atoms with Crippen LogP contribution >= 0.6 is 0 Å². The van der Waals surface area contributed by atoms with E-state index in [1.54, 1.807) is 20.8 Å². The highest BCUT2D eigenvalue weighted by atomic mass is 16.5. The molecule has 7 nitrogen and oxygen atoms in total. The molecule has 0 spiro atoms. The van der Waals surface area contributed by atoms with Crippen molar-refractivity contribution < 1.29 is 33.7 Å². The fourth-order valence-electron chi connectivity index (χ4n) is 1.23. The molecule has 0 radical (unpaired) electrons. The zero-order valence-corrected chi connectivity index (χ0v) is 17.8. The van der Waals surface area contributed by atoms with Gasteiger partial charge in [-0.25, -0.2) is 0 Å². The highest BCUT2D eigenvalue weighted by molar-refractivity contribution is 5.69. The van der Waals surface area contributed by atoms with E-state index in [1.807, 2.05) is 0 Å². The molecule has 0 aromatic rings. The third kappa shape index (κ3) is 57.1. The summed E-state index contributed by atoms with van der Waals surface area (Å²) in [7, 11) is 0. The van der Waals surface area contributed by atoms with Gasteiger partial charge in [0.2, 0.25) is 0 Å². The Morgan fingerprint density at radius 2 is 1.04 bits per heavy atom. The van der Waals surface area contributed by atoms with E-state index >= 15 is 0 Å². The van der Waals surface area contributed by atoms with E-state index in [2.05, 4.69) is 28.1 Å². The lowest BCUT2D eigenvalue weighted by molar-refractivity contribution is -0.144. The summed E-state index contributed by atoms with van der Waals surface area (Å²) in [5.74, 6) is -0.759. The second kappa shape index (κ2) is 31.2. The molecule has 0 bridgehead atoms. The summed E-state index contributed by atoms with van der Waals surface area (Å²) >= 11 is 0. The monoisotopic (exact) mass is 380 g/mol. The molecule has 0 amide bonds. The van der Waals surface area contributed by atoms with Crippen LogP contribution in [0.5, 0.6) is 0 Å². The molecule has 0 atom stereocenters. The zero-order valence-electron chi connectivity index (χ0n) is 17.8. The van der Waals surface area contributed by atoms with E-state index in [0.29, 0.717) is 19.8 Å². The molecule has 0 unspecified atom stereocenters. The molecule has 0 aromatic heterocycles. The van der Waals surface area contributed by atoms with Crippen LogP contribution in [0.3, 0.4) is 0 Å². The van der Waals surface area contributed by atoms with Crippen LogP contribution in [0.4, 0.5) is 0 Å². The molecule has 1 N–H and O–H groups in total. The molecule has 26 heavy (non-hydrogen) atoms. The second-order valence-corrected chi connectivity index (χ2v) is 4.83. The lowest BCUT2D eigenvalue weighted by Crippen LogP contribution is -2.05. The molecule has 0 aliphatic rings. The summed E-state index contributed by atoms with van der Waals surface area (Å²) in [5, 5.41) is 8.16. The van der Waals surface area contributed by atoms with Crippen molar-refractivity contribution in [2.24, 2.45) is 0 Å². The van der Waals surface area contributed by atoms with Gasteiger partial charge in [-0.05, 0) is 20.8 Å². The number of carbonyl (C=O) groups excluding carboxylic acids is 3. The van der Waals surface area contributed by atoms with Crippen molar-refractivity contribution in [3.05, 3.63) is 0 Å². The topological polar surface area (TPSA) is 99.1 Å². The largest absolute Gasteiger partial charge is 0.466 e. The standard InChI is InChI=1S/C6H14.C5H10O3.2C4H8O2/c1-3-5-6-4-2;1-2-8-5(7)3-4-6;2*1-3-6-4(2)5/h3-6H2,1-2H3;6H,2-4H2,1H3;2*3H2,1-2H3. The van der Waals surface area contributed by atoms with Gasteiger partial charge in [0.25, 0.3) is 0 Å². The first-order valence-electron chi connectivity index (χ1n) is 9.30. The highest BCUT2D eigenvalue weighted by Gasteiger charge is 1.96. The molecule has 0 aliphatic carbocycles. The first-order chi connectivity index (χ1) is 12.3. The number of esters is 3. The van der Waals surface area contributed by atoms with Crippen LogP contribution in [-0.2, 0) is 28.6 Å². The highest BCUT2D eigenvalue weighted by Crippen LogP contribution is 1.95. The molecule has 0 aliphatic heterocycles. The van der Waals surface area contributed by atoms with Crippen LogP contribution in [0.1, 0.15) is 80.6 Å². The number of aliphatic hydroxyl groups is 1. The van der Waals surface area contributed by atoms with E-state index in [-0.39, 0.29) is 30.9 Å². The summed E-state index contributed by atoms with van der Waals surface area (Å²) in [6.07, 6.45) is 5.64. The van der Waals surface area contributed by atoms with E-state index in [9.17, 15) is 14.4 Å². The summed E-state index contributed by atoms with van der Waals surface area (Å²) in [6.45, 7) is 13.8. The van der Waals surface area contributed by atoms with Gasteiger partial charge in [0.05, 0.1) is 32.8 Å². The Morgan fingerprint density at radius 1 is 0.692 bits per heavy atom. The van der Waals surface area contributed by atoms with Gasteiger partial charge in [0.1, 0.15) is 0 Å². The Balaban J connectivity index is -0.000000125. The molecule has 0 rings (SSSR count). The average molecular weight is 381 g/mol. The van der Waals surface area contributed by atoms with Crippen molar-refractivity contribution in [3.8, 4) is 0 Å². The van der Waals surface area contributed by atoms with E-state index < -0.39 is 0 Å². The Hall–Kier alpha value is -1.63. The lowest BCUT2D eigenvalue weighted by atomic mass is 10.2. The average Bonchev–Trinajstić information content (AvgIpc) is 2.55. The van der Waals surface area contributed by atoms with Crippen molar-refractivity contribution in [3.63, 3.8) is 0 Å². The van der Waals surface area contributed by atoms with Crippen molar-refractivity contribution in [2.45, 2.75) is 80.6 Å². The Kier molecular flexibility index (Phi) is 38.5. The first-order valence-corrected chi connectivity index (χ1v) is 9.30. The molecule has 0 saturated carbocycles. The third-order valence-corrected chi connectivity index (χ3v) is 2.27. The number of ether oxygens (including phenoxy) is 3. The van der Waals surface area contributed by atoms with Gasteiger partial charge in [0.15, 0.2) is 0 Å². The molecule has 0 saturated heterocycles. The number of unbranched alkanes of at least 4 members (excludes halogenated alkanes) is 3. The van der Waals surface area contributed by atoms with Gasteiger partial charge in [-0.3, -0.25) is 14.4 Å². The predicted molar refractivity (Wildman–Crippen MR) is 103 cm³/mol. The maximum atomic E-state index is 10.3. The van der Waals surface area contributed by atoms with Gasteiger partial charge in [-0.15, -0.1) is 0 Å². The predicted octanol–water partition coefficient (Wildman–Crippen LogP) is 3.66. The van der Waals surface area contributed by atoms with E-state index in [4.69, 9.17) is 5.11 Å². The minimum Gasteiger partial charge on any atom is -0.466 e. The number of hydrogen-bond acceptors (Lipinski definition) is 7. The van der Waals surface area contributed by atoms with Crippen molar-refractivity contribution in [1.82, 2.24) is 0 Å². The third-order valence-electron chi connectivity index (χ3n) is 2.27. The van der Waals surface area contributed by atoms with Crippen LogP contribution in [0, 0.1) is 0 Å². The molecule has 0 aromatic carbocycles. The Morgan fingerprint density at radius 3 is 1.19 bits per heavy atom. The molecule has 158 valence electrons. The molecule has 7 heteroatoms. The summed E-state index contributed by atoms with van der Waals surface area (Å²) in [6, 6.07) is 0. The van der Waals surface area contributed by atoms with E-state index in [1.165, 1.54) is 39.5 Å². The Labute approximate surface area is 159 Å². The maximum absolute atomic E-state index is 10.3. The minimum atomic E-state index is -0.338. The van der Waals surface area contributed by atoms with Gasteiger partial charge in [0, 0.05) is 13.8 Å². The van der Waals surface area contributed by atoms with Crippen molar-refractivity contribution in [2.75, 3.05) is 26.4 Å². The van der Waals surface area contributed by atoms with Crippen molar-refractivity contribution >= 4 is 17.9 Å². The molecular formula is C19H40O7. The summed E-state index contributed by atoms with van der Waals surface area (Å²) in [5.41, 5.74) is 0. The van der Waals surface area contributed by atoms with Crippen LogP contribution in [0.25, 0.3) is 0 Å². The molecule has 0 heterocycles. The van der Waals surface area contributed by atoms with Gasteiger partial charge >= 0.3 is 17.9 Å². The quantitative estimate of drug-likeness (QED) is 0.390. The van der Waals surface area contributed by atoms with Crippen LogP contribution < -0.4 is 0 Å². The van der Waals surface area contributed by atoms with Crippen molar-refractivity contribution in [1.29, 1.82) is 0 Å². The van der Waals surface area contributed by atoms with Gasteiger partial charge in [-0.1, -0.05) is 39.5 Å². The normalized spacial score (nSPS) is 8.31. The number of rotatable bonds is 8. The zero-order chi connectivity index (χ0) is 21.2. The second-order valence-electron chi connectivity index (χ2n) is 4.83. The number of aliphatic hydroxyl groups excluding tert-OH is 1. The fraction of sp³-hybridized carbons (Fsp3) is 0.842. The van der Waals surface area contributed by atoms with Gasteiger partial charge < -0.3 is 19.3 Å². The van der Waals surface area contributed by atoms with Gasteiger partial charge in [-0.2, -0.15) is 0 Å². The van der Waals surface area contributed by atoms with E-state index in [0.717, 1.165) is 0 Å². The fourth-order valence-corrected chi connectivity index (χ4v) is 1.23. The molecular weight excluding hydrogens is 340 g/mol. The Bertz CT molecular complexity index is 276. The summed E-state index contributed by atoms with van der Waals surface area (Å²) in [4.78, 5) is 29.9. The first kappa shape index (κ1) is 32.1. The minimum absolute atomic E-state index is 0.105. The summed E-state index contributed by atoms with van der Waals surface area (Å²) < 4.78 is 13.3. The smallest absolute Gasteiger partial charge is 0.308 e. The van der Waals surface area contributed by atoms with Crippen LogP contribution in [0.15, 0.2) is 0 Å².